The van der Waals surface area contributed by atoms with Gasteiger partial charge in [0, 0.05) is 37.7 Å². The minimum absolute atomic E-state index is 0.0840. The lowest BCUT2D eigenvalue weighted by atomic mass is 9.97. The first-order valence-electron chi connectivity index (χ1n) is 10.1. The number of morpholine rings is 1. The Morgan fingerprint density at radius 3 is 2.61 bits per heavy atom. The van der Waals surface area contributed by atoms with E-state index in [1.54, 1.807) is 0 Å². The number of nitrogens with one attached hydrogen (secondary N) is 1. The molecule has 2 aromatic rings. The van der Waals surface area contributed by atoms with E-state index in [2.05, 4.69) is 41.4 Å². The third-order valence-electron chi connectivity index (χ3n) is 5.84. The first-order valence-corrected chi connectivity index (χ1v) is 10.1. The molecule has 0 bridgehead atoms. The highest BCUT2D eigenvalue weighted by atomic mass is 16.5. The minimum Gasteiger partial charge on any atom is -0.489 e. The maximum Gasteiger partial charge on any atom is 0.255 e. The molecule has 1 saturated heterocycles. The van der Waals surface area contributed by atoms with Crippen LogP contribution in [0.5, 0.6) is 5.75 Å². The molecule has 0 radical (unpaired) electrons. The number of benzene rings is 2. The number of para-hydroxylation sites is 1. The Kier molecular flexibility index (Phi) is 5.64. The molecule has 0 unspecified atom stereocenters. The molecule has 1 amide bonds. The summed E-state index contributed by atoms with van der Waals surface area (Å²) in [6.45, 7) is 9.05. The lowest BCUT2D eigenvalue weighted by Crippen LogP contribution is -2.36. The summed E-state index contributed by atoms with van der Waals surface area (Å²) in [7, 11) is 0. The van der Waals surface area contributed by atoms with Crippen molar-refractivity contribution in [3.63, 3.8) is 0 Å². The van der Waals surface area contributed by atoms with Crippen molar-refractivity contribution in [2.75, 3.05) is 26.3 Å². The molecule has 2 aromatic carbocycles. The lowest BCUT2D eigenvalue weighted by Gasteiger charge is -2.27. The van der Waals surface area contributed by atoms with Crippen molar-refractivity contribution < 1.29 is 14.3 Å². The van der Waals surface area contributed by atoms with Gasteiger partial charge in [-0.2, -0.15) is 0 Å². The monoisotopic (exact) mass is 380 g/mol. The zero-order valence-electron chi connectivity index (χ0n) is 16.6. The number of hydrogen-bond donors (Lipinski definition) is 1. The van der Waals surface area contributed by atoms with E-state index in [1.165, 1.54) is 5.56 Å². The van der Waals surface area contributed by atoms with Gasteiger partial charge in [-0.1, -0.05) is 43.3 Å². The predicted molar refractivity (Wildman–Crippen MR) is 109 cm³/mol. The number of amides is 1. The number of carbonyl (C=O) groups excluding carboxylic acids is 1. The quantitative estimate of drug-likeness (QED) is 0.864. The Hall–Kier alpha value is -2.37. The molecule has 28 heavy (non-hydrogen) atoms. The highest BCUT2D eigenvalue weighted by Gasteiger charge is 2.31. The zero-order valence-corrected chi connectivity index (χ0v) is 16.6. The number of rotatable bonds is 5. The molecule has 0 aliphatic carbocycles. The Balaban J connectivity index is 1.45. The molecule has 0 saturated carbocycles. The first kappa shape index (κ1) is 19.0. The van der Waals surface area contributed by atoms with Crippen LogP contribution in [0.25, 0.3) is 0 Å². The van der Waals surface area contributed by atoms with E-state index in [4.69, 9.17) is 9.47 Å². The Labute approximate surface area is 166 Å². The van der Waals surface area contributed by atoms with Crippen LogP contribution in [0.1, 0.15) is 46.8 Å². The van der Waals surface area contributed by atoms with E-state index >= 15 is 0 Å². The molecule has 1 fully saturated rings. The third-order valence-corrected chi connectivity index (χ3v) is 5.84. The molecule has 5 heteroatoms. The van der Waals surface area contributed by atoms with E-state index in [9.17, 15) is 4.79 Å². The Morgan fingerprint density at radius 2 is 1.82 bits per heavy atom. The topological polar surface area (TPSA) is 50.8 Å². The molecular formula is C23H28N2O3. The summed E-state index contributed by atoms with van der Waals surface area (Å²) in [5.74, 6) is 0.956. The van der Waals surface area contributed by atoms with Crippen molar-refractivity contribution in [2.45, 2.75) is 39.0 Å². The van der Waals surface area contributed by atoms with Crippen LogP contribution in [0.4, 0.5) is 0 Å². The molecule has 148 valence electrons. The van der Waals surface area contributed by atoms with Gasteiger partial charge in [-0.3, -0.25) is 9.69 Å². The van der Waals surface area contributed by atoms with Gasteiger partial charge in [-0.05, 0) is 24.1 Å². The summed E-state index contributed by atoms with van der Waals surface area (Å²) < 4.78 is 11.4. The van der Waals surface area contributed by atoms with Gasteiger partial charge >= 0.3 is 0 Å². The predicted octanol–water partition coefficient (Wildman–Crippen LogP) is 3.33. The van der Waals surface area contributed by atoms with Crippen LogP contribution in [0.15, 0.2) is 42.5 Å². The van der Waals surface area contributed by atoms with Crippen molar-refractivity contribution in [1.29, 1.82) is 0 Å². The second kappa shape index (κ2) is 8.33. The van der Waals surface area contributed by atoms with Crippen LogP contribution in [0, 0.1) is 0 Å². The molecule has 2 aliphatic heterocycles. The van der Waals surface area contributed by atoms with Gasteiger partial charge in [0.2, 0.25) is 0 Å². The van der Waals surface area contributed by atoms with Crippen LogP contribution >= 0.6 is 0 Å². The summed E-state index contributed by atoms with van der Waals surface area (Å²) in [5.41, 5.74) is 4.14. The molecule has 0 spiro atoms. The van der Waals surface area contributed by atoms with Crippen molar-refractivity contribution in [3.8, 4) is 5.75 Å². The third kappa shape index (κ3) is 3.91. The van der Waals surface area contributed by atoms with Crippen LogP contribution in [0.2, 0.25) is 0 Å². The summed E-state index contributed by atoms with van der Waals surface area (Å²) in [5, 5.41) is 3.09. The SMILES string of the molecule is C[C@H]1Oc2c(C(=O)NCc3ccccc3CN3CCOCC3)cccc2[C@@H]1C. The molecule has 4 rings (SSSR count). The summed E-state index contributed by atoms with van der Waals surface area (Å²) in [6, 6.07) is 14.2. The fraction of sp³-hybridized carbons (Fsp3) is 0.435. The molecule has 1 N–H and O–H groups in total. The number of hydrogen-bond acceptors (Lipinski definition) is 4. The smallest absolute Gasteiger partial charge is 0.255 e. The van der Waals surface area contributed by atoms with E-state index in [1.807, 2.05) is 25.1 Å². The summed E-state index contributed by atoms with van der Waals surface area (Å²) >= 11 is 0. The van der Waals surface area contributed by atoms with E-state index in [0.717, 1.165) is 49.7 Å². The lowest BCUT2D eigenvalue weighted by molar-refractivity contribution is 0.0340. The molecular weight excluding hydrogens is 352 g/mol. The normalized spacial score (nSPS) is 21.8. The second-order valence-electron chi connectivity index (χ2n) is 7.68. The fourth-order valence-electron chi connectivity index (χ4n) is 3.92. The van der Waals surface area contributed by atoms with Gasteiger partial charge in [0.05, 0.1) is 18.8 Å². The fourth-order valence-corrected chi connectivity index (χ4v) is 3.92. The second-order valence-corrected chi connectivity index (χ2v) is 7.68. The minimum atomic E-state index is -0.0840. The average molecular weight is 380 g/mol. The van der Waals surface area contributed by atoms with Gasteiger partial charge < -0.3 is 14.8 Å². The number of fused-ring (bicyclic) bond motifs is 1. The number of nitrogens with zero attached hydrogens (tertiary/aromatic N) is 1. The summed E-state index contributed by atoms with van der Waals surface area (Å²) in [4.78, 5) is 15.3. The summed E-state index contributed by atoms with van der Waals surface area (Å²) in [6.07, 6.45) is 0.0956. The van der Waals surface area contributed by atoms with Gasteiger partial charge in [0.1, 0.15) is 11.9 Å². The van der Waals surface area contributed by atoms with Gasteiger partial charge in [-0.25, -0.2) is 0 Å². The molecule has 2 heterocycles. The van der Waals surface area contributed by atoms with Crippen molar-refractivity contribution in [1.82, 2.24) is 10.2 Å². The number of ether oxygens (including phenoxy) is 2. The first-order chi connectivity index (χ1) is 13.6. The highest BCUT2D eigenvalue weighted by Crippen LogP contribution is 2.40. The standard InChI is InChI=1S/C23H28N2O3/c1-16-17(2)28-22-20(16)8-5-9-21(22)23(26)24-14-18-6-3-4-7-19(18)15-25-10-12-27-13-11-25/h3-9,16-17H,10-15H2,1-2H3,(H,24,26)/t16-,17-/m1/s1. The molecule has 2 atom stereocenters. The van der Waals surface area contributed by atoms with Crippen LogP contribution in [-0.4, -0.2) is 43.2 Å². The van der Waals surface area contributed by atoms with Crippen molar-refractivity contribution >= 4 is 5.91 Å². The Morgan fingerprint density at radius 1 is 1.07 bits per heavy atom. The highest BCUT2D eigenvalue weighted by molar-refractivity contribution is 5.97. The van der Waals surface area contributed by atoms with Gasteiger partial charge in [0.25, 0.3) is 5.91 Å². The maximum absolute atomic E-state index is 12.9. The Bertz CT molecular complexity index is 845. The molecule has 5 nitrogen and oxygen atoms in total. The van der Waals surface area contributed by atoms with E-state index in [0.29, 0.717) is 18.0 Å². The molecule has 0 aromatic heterocycles. The van der Waals surface area contributed by atoms with Crippen LogP contribution < -0.4 is 10.1 Å². The largest absolute Gasteiger partial charge is 0.489 e. The van der Waals surface area contributed by atoms with Crippen molar-refractivity contribution in [3.05, 3.63) is 64.7 Å². The van der Waals surface area contributed by atoms with E-state index in [-0.39, 0.29) is 12.0 Å². The van der Waals surface area contributed by atoms with Gasteiger partial charge in [-0.15, -0.1) is 0 Å². The number of carbonyl (C=O) groups is 1. The van der Waals surface area contributed by atoms with Crippen LogP contribution in [-0.2, 0) is 17.8 Å². The van der Waals surface area contributed by atoms with Gasteiger partial charge in [0.15, 0.2) is 0 Å². The maximum atomic E-state index is 12.9. The average Bonchev–Trinajstić information content (AvgIpc) is 3.02. The van der Waals surface area contributed by atoms with Crippen molar-refractivity contribution in [2.24, 2.45) is 0 Å². The van der Waals surface area contributed by atoms with E-state index < -0.39 is 0 Å². The zero-order chi connectivity index (χ0) is 19.5. The van der Waals surface area contributed by atoms with Crippen LogP contribution in [0.3, 0.4) is 0 Å². The molecule has 2 aliphatic rings.